The molecule has 0 aromatic heterocycles. The fourth-order valence-corrected chi connectivity index (χ4v) is 2.44. The van der Waals surface area contributed by atoms with Crippen molar-refractivity contribution in [2.75, 3.05) is 13.7 Å². The lowest BCUT2D eigenvalue weighted by molar-refractivity contribution is -0.384. The number of rotatable bonds is 5. The molecular weight excluding hydrogens is 314 g/mol. The molecule has 2 rings (SSSR count). The number of esters is 1. The third-order valence-corrected chi connectivity index (χ3v) is 3.83. The summed E-state index contributed by atoms with van der Waals surface area (Å²) in [6, 6.07) is 4.66. The number of ether oxygens (including phenoxy) is 1. The fraction of sp³-hybridized carbons (Fsp3) is 0.375. The van der Waals surface area contributed by atoms with Crippen molar-refractivity contribution in [3.63, 3.8) is 0 Å². The molecule has 1 aliphatic rings. The van der Waals surface area contributed by atoms with Gasteiger partial charge in [0.2, 0.25) is 0 Å². The van der Waals surface area contributed by atoms with Crippen molar-refractivity contribution in [3.05, 3.63) is 51.2 Å². The van der Waals surface area contributed by atoms with Gasteiger partial charge in [0.05, 0.1) is 23.1 Å². The predicted octanol–water partition coefficient (Wildman–Crippen LogP) is 2.52. The molecule has 0 radical (unpaired) electrons. The van der Waals surface area contributed by atoms with E-state index < -0.39 is 23.0 Å². The molecule has 2 amide bonds. The molecule has 1 aromatic carbocycles. The first-order chi connectivity index (χ1) is 11.4. The number of hydrogen-bond acceptors (Lipinski definition) is 5. The number of allylic oxidation sites excluding steroid dienone is 1. The number of hydrogen-bond donors (Lipinski definition) is 1. The molecule has 128 valence electrons. The van der Waals surface area contributed by atoms with E-state index in [1.54, 1.807) is 20.0 Å². The molecule has 1 N–H and O–H groups in total. The zero-order valence-electron chi connectivity index (χ0n) is 13.7. The normalized spacial score (nSPS) is 17.5. The van der Waals surface area contributed by atoms with Crippen molar-refractivity contribution in [2.24, 2.45) is 0 Å². The topological polar surface area (TPSA) is 102 Å². The molecule has 0 spiro atoms. The number of non-ortho nitro benzene ring substituents is 1. The molecule has 0 saturated heterocycles. The predicted molar refractivity (Wildman–Crippen MR) is 86.1 cm³/mol. The van der Waals surface area contributed by atoms with Crippen LogP contribution < -0.4 is 5.32 Å². The van der Waals surface area contributed by atoms with Crippen LogP contribution >= 0.6 is 0 Å². The van der Waals surface area contributed by atoms with Crippen LogP contribution in [0.3, 0.4) is 0 Å². The summed E-state index contributed by atoms with van der Waals surface area (Å²) in [7, 11) is 1.54. The lowest BCUT2D eigenvalue weighted by atomic mass is 9.95. The van der Waals surface area contributed by atoms with Gasteiger partial charge in [-0.05, 0) is 18.9 Å². The van der Waals surface area contributed by atoms with Crippen LogP contribution in [0.15, 0.2) is 35.5 Å². The molecule has 1 aliphatic heterocycles. The molecule has 1 heterocycles. The first-order valence-corrected chi connectivity index (χ1v) is 7.53. The van der Waals surface area contributed by atoms with Crippen molar-refractivity contribution in [1.82, 2.24) is 10.2 Å². The summed E-state index contributed by atoms with van der Waals surface area (Å²) in [4.78, 5) is 36.3. The Hall–Kier alpha value is -2.90. The maximum Gasteiger partial charge on any atom is 0.338 e. The molecule has 0 aliphatic carbocycles. The van der Waals surface area contributed by atoms with Crippen molar-refractivity contribution in [2.45, 2.75) is 26.3 Å². The highest BCUT2D eigenvalue weighted by atomic mass is 16.6. The van der Waals surface area contributed by atoms with Crippen molar-refractivity contribution in [1.29, 1.82) is 0 Å². The standard InChI is InChI=1S/C16H19N3O5/c1-4-8-24-15(20)13-10(2)18(3)16(21)17-14(13)11-6-5-7-12(9-11)19(22)23/h5-7,9,14H,4,8H2,1-3H3,(H,17,21). The molecule has 1 atom stereocenters. The summed E-state index contributed by atoms with van der Waals surface area (Å²) in [6.07, 6.45) is 0.668. The average Bonchev–Trinajstić information content (AvgIpc) is 2.57. The third kappa shape index (κ3) is 3.37. The van der Waals surface area contributed by atoms with E-state index in [1.807, 2.05) is 6.92 Å². The molecule has 24 heavy (non-hydrogen) atoms. The summed E-state index contributed by atoms with van der Waals surface area (Å²) < 4.78 is 5.21. The van der Waals surface area contributed by atoms with Gasteiger partial charge in [0.25, 0.3) is 5.69 Å². The average molecular weight is 333 g/mol. The lowest BCUT2D eigenvalue weighted by Crippen LogP contribution is -2.46. The summed E-state index contributed by atoms with van der Waals surface area (Å²) in [5.41, 5.74) is 1.07. The van der Waals surface area contributed by atoms with Crippen molar-refractivity contribution in [3.8, 4) is 0 Å². The van der Waals surface area contributed by atoms with Gasteiger partial charge in [0.1, 0.15) is 0 Å². The number of nitrogens with zero attached hydrogens (tertiary/aromatic N) is 2. The zero-order valence-corrected chi connectivity index (χ0v) is 13.7. The molecule has 8 nitrogen and oxygen atoms in total. The minimum absolute atomic E-state index is 0.111. The Balaban J connectivity index is 2.49. The van der Waals surface area contributed by atoms with E-state index in [9.17, 15) is 19.7 Å². The summed E-state index contributed by atoms with van der Waals surface area (Å²) in [5, 5.41) is 13.7. The van der Waals surface area contributed by atoms with Crippen LogP contribution in [-0.4, -0.2) is 35.5 Å². The van der Waals surface area contributed by atoms with E-state index in [0.29, 0.717) is 17.7 Å². The highest BCUT2D eigenvalue weighted by Crippen LogP contribution is 2.32. The van der Waals surface area contributed by atoms with E-state index in [2.05, 4.69) is 5.32 Å². The Kier molecular flexibility index (Phi) is 5.18. The summed E-state index contributed by atoms with van der Waals surface area (Å²) >= 11 is 0. The number of urea groups is 1. The third-order valence-electron chi connectivity index (χ3n) is 3.83. The molecule has 1 unspecified atom stereocenters. The second kappa shape index (κ2) is 7.12. The highest BCUT2D eigenvalue weighted by Gasteiger charge is 2.35. The van der Waals surface area contributed by atoms with Crippen LogP contribution in [0.5, 0.6) is 0 Å². The summed E-state index contributed by atoms with van der Waals surface area (Å²) in [5.74, 6) is -0.544. The number of benzene rings is 1. The van der Waals surface area contributed by atoms with E-state index in [1.165, 1.54) is 23.1 Å². The Labute approximate surface area is 139 Å². The van der Waals surface area contributed by atoms with Gasteiger partial charge in [0, 0.05) is 24.9 Å². The monoisotopic (exact) mass is 333 g/mol. The van der Waals surface area contributed by atoms with Crippen LogP contribution in [0.4, 0.5) is 10.5 Å². The van der Waals surface area contributed by atoms with E-state index in [-0.39, 0.29) is 17.9 Å². The number of carbonyl (C=O) groups is 2. The number of amides is 2. The Morgan fingerprint density at radius 3 is 2.79 bits per heavy atom. The maximum atomic E-state index is 12.4. The zero-order chi connectivity index (χ0) is 17.9. The van der Waals surface area contributed by atoms with Crippen LogP contribution in [0, 0.1) is 10.1 Å². The second-order valence-corrected chi connectivity index (χ2v) is 5.43. The molecule has 0 saturated carbocycles. The number of carbonyl (C=O) groups excluding carboxylic acids is 2. The van der Waals surface area contributed by atoms with Crippen LogP contribution in [0.25, 0.3) is 0 Å². The largest absolute Gasteiger partial charge is 0.462 e. The quantitative estimate of drug-likeness (QED) is 0.507. The SMILES string of the molecule is CCCOC(=O)C1=C(C)N(C)C(=O)NC1c1cccc([N+](=O)[O-])c1. The van der Waals surface area contributed by atoms with Crippen LogP contribution in [-0.2, 0) is 9.53 Å². The second-order valence-electron chi connectivity index (χ2n) is 5.43. The minimum atomic E-state index is -0.794. The molecular formula is C16H19N3O5. The van der Waals surface area contributed by atoms with E-state index in [4.69, 9.17) is 4.74 Å². The van der Waals surface area contributed by atoms with Crippen LogP contribution in [0.1, 0.15) is 31.9 Å². The molecule has 0 fully saturated rings. The fourth-order valence-electron chi connectivity index (χ4n) is 2.44. The van der Waals surface area contributed by atoms with Gasteiger partial charge in [-0.3, -0.25) is 10.1 Å². The summed E-state index contributed by atoms with van der Waals surface area (Å²) in [6.45, 7) is 3.78. The Bertz CT molecular complexity index is 713. The minimum Gasteiger partial charge on any atom is -0.462 e. The van der Waals surface area contributed by atoms with Gasteiger partial charge in [-0.2, -0.15) is 0 Å². The van der Waals surface area contributed by atoms with Crippen molar-refractivity contribution < 1.29 is 19.2 Å². The Morgan fingerprint density at radius 2 is 2.17 bits per heavy atom. The first kappa shape index (κ1) is 17.5. The lowest BCUT2D eigenvalue weighted by Gasteiger charge is -2.33. The maximum absolute atomic E-state index is 12.4. The number of nitro groups is 1. The van der Waals surface area contributed by atoms with Gasteiger partial charge in [-0.1, -0.05) is 19.1 Å². The molecule has 1 aromatic rings. The van der Waals surface area contributed by atoms with Gasteiger partial charge in [0.15, 0.2) is 0 Å². The van der Waals surface area contributed by atoms with E-state index in [0.717, 1.165) is 0 Å². The number of nitro benzene ring substituents is 1. The highest BCUT2D eigenvalue weighted by molar-refractivity contribution is 5.95. The van der Waals surface area contributed by atoms with Crippen LogP contribution in [0.2, 0.25) is 0 Å². The number of nitrogens with one attached hydrogen (secondary N) is 1. The Morgan fingerprint density at radius 1 is 1.46 bits per heavy atom. The first-order valence-electron chi connectivity index (χ1n) is 7.53. The van der Waals surface area contributed by atoms with Crippen molar-refractivity contribution >= 4 is 17.7 Å². The van der Waals surface area contributed by atoms with Gasteiger partial charge >= 0.3 is 12.0 Å². The van der Waals surface area contributed by atoms with Gasteiger partial charge < -0.3 is 15.0 Å². The molecule has 8 heteroatoms. The molecule has 0 bridgehead atoms. The van der Waals surface area contributed by atoms with Gasteiger partial charge in [-0.15, -0.1) is 0 Å². The van der Waals surface area contributed by atoms with E-state index >= 15 is 0 Å². The van der Waals surface area contributed by atoms with Gasteiger partial charge in [-0.25, -0.2) is 9.59 Å². The smallest absolute Gasteiger partial charge is 0.338 e.